The topological polar surface area (TPSA) is 89.5 Å². The highest BCUT2D eigenvalue weighted by Crippen LogP contribution is 2.71. The van der Waals surface area contributed by atoms with Gasteiger partial charge >= 0.3 is 11.9 Å². The molecule has 8 nitrogen and oxygen atoms in total. The molecule has 0 radical (unpaired) electrons. The van der Waals surface area contributed by atoms with Crippen LogP contribution >= 0.6 is 0 Å². The van der Waals surface area contributed by atoms with Crippen molar-refractivity contribution >= 4 is 11.9 Å². The minimum atomic E-state index is -1.49. The first-order chi connectivity index (χ1) is 12.9. The Bertz CT molecular complexity index is 508. The van der Waals surface area contributed by atoms with Gasteiger partial charge in [-0.3, -0.25) is 9.59 Å². The molecule has 2 aliphatic rings. The summed E-state index contributed by atoms with van der Waals surface area (Å²) >= 11 is 0. The second-order valence-electron chi connectivity index (χ2n) is 7.62. The molecule has 4 atom stereocenters. The van der Waals surface area contributed by atoms with Gasteiger partial charge in [-0.2, -0.15) is 0 Å². The molecule has 4 unspecified atom stereocenters. The zero-order chi connectivity index (χ0) is 20.2. The summed E-state index contributed by atoms with van der Waals surface area (Å²) in [5.74, 6) is -0.926. The molecule has 0 N–H and O–H groups in total. The minimum Gasteiger partial charge on any atom is -0.468 e. The average molecular weight is 388 g/mol. The quantitative estimate of drug-likeness (QED) is 0.241. The molecule has 0 aromatic heterocycles. The van der Waals surface area contributed by atoms with Crippen LogP contribution in [0.1, 0.15) is 20.3 Å². The van der Waals surface area contributed by atoms with Crippen molar-refractivity contribution in [2.45, 2.75) is 20.3 Å². The van der Waals surface area contributed by atoms with Crippen molar-refractivity contribution in [2.75, 3.05) is 55.2 Å². The Kier molecular flexibility index (Phi) is 7.24. The fourth-order valence-electron chi connectivity index (χ4n) is 5.61. The number of ether oxygens (including phenoxy) is 6. The monoisotopic (exact) mass is 388 g/mol. The van der Waals surface area contributed by atoms with E-state index >= 15 is 0 Å². The molecule has 0 amide bonds. The molecule has 0 spiro atoms. The van der Waals surface area contributed by atoms with E-state index in [4.69, 9.17) is 28.4 Å². The molecule has 0 aromatic carbocycles. The van der Waals surface area contributed by atoms with Gasteiger partial charge in [0, 0.05) is 19.6 Å². The molecule has 8 heteroatoms. The van der Waals surface area contributed by atoms with Crippen LogP contribution in [0.5, 0.6) is 0 Å². The number of methoxy groups -OCH3 is 4. The van der Waals surface area contributed by atoms with E-state index in [1.54, 1.807) is 0 Å². The Balaban J connectivity index is 2.60. The summed E-state index contributed by atoms with van der Waals surface area (Å²) in [4.78, 5) is 26.3. The van der Waals surface area contributed by atoms with Crippen LogP contribution in [0.3, 0.4) is 0 Å². The molecule has 2 bridgehead atoms. The number of carbonyl (C=O) groups excluding carboxylic acids is 2. The van der Waals surface area contributed by atoms with Gasteiger partial charge in [-0.15, -0.1) is 0 Å². The highest BCUT2D eigenvalue weighted by atomic mass is 16.7. The molecule has 0 aromatic rings. The predicted molar refractivity (Wildman–Crippen MR) is 94.5 cm³/mol. The molecular formula is C19H32O8. The zero-order valence-corrected chi connectivity index (χ0v) is 17.1. The summed E-state index contributed by atoms with van der Waals surface area (Å²) < 4.78 is 31.8. The van der Waals surface area contributed by atoms with Crippen molar-refractivity contribution in [3.05, 3.63) is 0 Å². The minimum absolute atomic E-state index is 0.0319. The summed E-state index contributed by atoms with van der Waals surface area (Å²) in [6.07, 6.45) is 0.708. The third-order valence-electron chi connectivity index (χ3n) is 6.79. The van der Waals surface area contributed by atoms with Gasteiger partial charge in [0.25, 0.3) is 0 Å². The lowest BCUT2D eigenvalue weighted by molar-refractivity contribution is -0.217. The van der Waals surface area contributed by atoms with Gasteiger partial charge in [0.05, 0.1) is 27.4 Å². The normalized spacial score (nSPS) is 30.3. The number of hydrogen-bond donors (Lipinski definition) is 0. The molecule has 0 aliphatic heterocycles. The first-order valence-corrected chi connectivity index (χ1v) is 9.19. The number of carbonyl (C=O) groups is 2. The summed E-state index contributed by atoms with van der Waals surface area (Å²) in [5.41, 5.74) is -2.42. The van der Waals surface area contributed by atoms with Gasteiger partial charge in [0.1, 0.15) is 13.6 Å². The standard InChI is InChI=1S/C19H32O8/c1-12-13(2)15-7-14(12)18(8-26-10-22-3,9-27-11-23-4)19(15,16(20)24-5)17(21)25-6/h12-15H,7-11H2,1-6H3. The first kappa shape index (κ1) is 22.1. The van der Waals surface area contributed by atoms with Crippen molar-refractivity contribution in [3.63, 3.8) is 0 Å². The third kappa shape index (κ3) is 3.16. The highest BCUT2D eigenvalue weighted by molar-refractivity contribution is 6.02. The van der Waals surface area contributed by atoms with Gasteiger partial charge < -0.3 is 28.4 Å². The third-order valence-corrected chi connectivity index (χ3v) is 6.79. The van der Waals surface area contributed by atoms with Gasteiger partial charge in [-0.05, 0) is 30.1 Å². The summed E-state index contributed by atoms with van der Waals surface area (Å²) in [7, 11) is 5.63. The molecule has 27 heavy (non-hydrogen) atoms. The van der Waals surface area contributed by atoms with Gasteiger partial charge in [-0.1, -0.05) is 13.8 Å². The highest BCUT2D eigenvalue weighted by Gasteiger charge is 2.79. The lowest BCUT2D eigenvalue weighted by atomic mass is 9.51. The summed E-state index contributed by atoms with van der Waals surface area (Å²) in [6, 6.07) is 0. The fraction of sp³-hybridized carbons (Fsp3) is 0.895. The summed E-state index contributed by atoms with van der Waals surface area (Å²) in [6.45, 7) is 4.55. The van der Waals surface area contributed by atoms with Crippen molar-refractivity contribution in [2.24, 2.45) is 34.5 Å². The molecule has 0 saturated heterocycles. The van der Waals surface area contributed by atoms with Crippen molar-refractivity contribution in [1.82, 2.24) is 0 Å². The Labute approximate surface area is 160 Å². The second kappa shape index (κ2) is 8.86. The van der Waals surface area contributed by atoms with Crippen LogP contribution in [0, 0.1) is 34.5 Å². The van der Waals surface area contributed by atoms with Crippen LogP contribution in [-0.4, -0.2) is 67.2 Å². The van der Waals surface area contributed by atoms with Gasteiger partial charge in [0.2, 0.25) is 0 Å². The van der Waals surface area contributed by atoms with E-state index in [-0.39, 0.29) is 50.5 Å². The predicted octanol–water partition coefficient (Wildman–Crippen LogP) is 1.47. The lowest BCUT2D eigenvalue weighted by Gasteiger charge is -2.52. The van der Waals surface area contributed by atoms with E-state index < -0.39 is 22.8 Å². The molecule has 2 saturated carbocycles. The van der Waals surface area contributed by atoms with Gasteiger partial charge in [-0.25, -0.2) is 0 Å². The Morgan fingerprint density at radius 1 is 0.815 bits per heavy atom. The van der Waals surface area contributed by atoms with Crippen molar-refractivity contribution < 1.29 is 38.0 Å². The fourth-order valence-corrected chi connectivity index (χ4v) is 5.61. The van der Waals surface area contributed by atoms with Crippen LogP contribution in [-0.2, 0) is 38.0 Å². The van der Waals surface area contributed by atoms with E-state index in [1.165, 1.54) is 28.4 Å². The number of rotatable bonds is 10. The maximum absolute atomic E-state index is 13.2. The largest absolute Gasteiger partial charge is 0.468 e. The molecule has 2 aliphatic carbocycles. The SMILES string of the molecule is COCOCC1(COCOC)C2CC(C(C)C2C)C1(C(=O)OC)C(=O)OC. The van der Waals surface area contributed by atoms with Crippen LogP contribution in [0.25, 0.3) is 0 Å². The lowest BCUT2D eigenvalue weighted by Crippen LogP contribution is -2.64. The van der Waals surface area contributed by atoms with Crippen molar-refractivity contribution in [3.8, 4) is 0 Å². The Hall–Kier alpha value is -1.22. The van der Waals surface area contributed by atoms with Crippen LogP contribution < -0.4 is 0 Å². The van der Waals surface area contributed by atoms with Gasteiger partial charge in [0.15, 0.2) is 5.41 Å². The van der Waals surface area contributed by atoms with Crippen LogP contribution in [0.15, 0.2) is 0 Å². The molecule has 0 heterocycles. The average Bonchev–Trinajstić information content (AvgIpc) is 3.13. The summed E-state index contributed by atoms with van der Waals surface area (Å²) in [5, 5.41) is 0. The van der Waals surface area contributed by atoms with Crippen LogP contribution in [0.2, 0.25) is 0 Å². The van der Waals surface area contributed by atoms with Crippen LogP contribution in [0.4, 0.5) is 0 Å². The number of esters is 2. The van der Waals surface area contributed by atoms with E-state index in [9.17, 15) is 9.59 Å². The van der Waals surface area contributed by atoms with E-state index in [1.807, 2.05) is 0 Å². The Morgan fingerprint density at radius 3 is 1.67 bits per heavy atom. The molecular weight excluding hydrogens is 356 g/mol. The van der Waals surface area contributed by atoms with E-state index in [0.29, 0.717) is 6.42 Å². The first-order valence-electron chi connectivity index (χ1n) is 9.19. The Morgan fingerprint density at radius 2 is 1.26 bits per heavy atom. The second-order valence-corrected chi connectivity index (χ2v) is 7.62. The maximum Gasteiger partial charge on any atom is 0.324 e. The molecule has 2 rings (SSSR count). The van der Waals surface area contributed by atoms with E-state index in [2.05, 4.69) is 13.8 Å². The van der Waals surface area contributed by atoms with E-state index in [0.717, 1.165) is 0 Å². The van der Waals surface area contributed by atoms with Crippen molar-refractivity contribution in [1.29, 1.82) is 0 Å². The number of hydrogen-bond acceptors (Lipinski definition) is 8. The zero-order valence-electron chi connectivity index (χ0n) is 17.1. The maximum atomic E-state index is 13.2. The molecule has 2 fully saturated rings. The molecule has 156 valence electrons. The smallest absolute Gasteiger partial charge is 0.324 e. The number of fused-ring (bicyclic) bond motifs is 2.